The number of carbonyl (C=O) groups is 1. The summed E-state index contributed by atoms with van der Waals surface area (Å²) in [6, 6.07) is 16.3. The molecule has 2 heterocycles. The zero-order chi connectivity index (χ0) is 17.4. The standard InChI is InChI=1S/C22H22N2O/c1-16-7-9-18(10-8-16)22(25)24-13-11-17(12-14-24)20-15-23(2)21-6-4-3-5-19(20)21/h3-11,15H,12-14H2,1-2H3. The molecule has 0 aliphatic carbocycles. The summed E-state index contributed by atoms with van der Waals surface area (Å²) in [5.74, 6) is 0.119. The Morgan fingerprint density at radius 2 is 1.80 bits per heavy atom. The lowest BCUT2D eigenvalue weighted by Gasteiger charge is -2.26. The number of para-hydroxylation sites is 1. The lowest BCUT2D eigenvalue weighted by Crippen LogP contribution is -2.34. The van der Waals surface area contributed by atoms with Crippen molar-refractivity contribution in [2.24, 2.45) is 7.05 Å². The molecule has 3 nitrogen and oxygen atoms in total. The fourth-order valence-corrected chi connectivity index (χ4v) is 3.57. The Kier molecular flexibility index (Phi) is 3.92. The number of fused-ring (bicyclic) bond motifs is 1. The lowest BCUT2D eigenvalue weighted by molar-refractivity contribution is 0.0773. The third-order valence-electron chi connectivity index (χ3n) is 5.04. The Morgan fingerprint density at radius 3 is 2.52 bits per heavy atom. The first kappa shape index (κ1) is 15.7. The molecule has 0 saturated heterocycles. The van der Waals surface area contributed by atoms with Crippen molar-refractivity contribution in [1.82, 2.24) is 9.47 Å². The van der Waals surface area contributed by atoms with Crippen LogP contribution in [0.2, 0.25) is 0 Å². The Bertz CT molecular complexity index is 963. The van der Waals surface area contributed by atoms with Gasteiger partial charge in [0.1, 0.15) is 0 Å². The maximum absolute atomic E-state index is 12.7. The molecule has 1 amide bonds. The van der Waals surface area contributed by atoms with Crippen LogP contribution in [0.25, 0.3) is 16.5 Å². The van der Waals surface area contributed by atoms with Gasteiger partial charge in [-0.2, -0.15) is 0 Å². The molecule has 4 rings (SSSR count). The van der Waals surface area contributed by atoms with Gasteiger partial charge in [-0.3, -0.25) is 4.79 Å². The highest BCUT2D eigenvalue weighted by atomic mass is 16.2. The second kappa shape index (κ2) is 6.25. The van der Waals surface area contributed by atoms with Gasteiger partial charge in [0.2, 0.25) is 0 Å². The van der Waals surface area contributed by atoms with Crippen molar-refractivity contribution in [2.45, 2.75) is 13.3 Å². The normalized spacial score (nSPS) is 14.6. The van der Waals surface area contributed by atoms with E-state index in [0.717, 1.165) is 18.5 Å². The van der Waals surface area contributed by atoms with Crippen LogP contribution in [-0.2, 0) is 7.05 Å². The molecule has 1 aliphatic rings. The van der Waals surface area contributed by atoms with Crippen LogP contribution in [0.1, 0.15) is 27.9 Å². The molecule has 1 aromatic heterocycles. The molecular weight excluding hydrogens is 308 g/mol. The first-order chi connectivity index (χ1) is 12.1. The molecule has 0 saturated carbocycles. The van der Waals surface area contributed by atoms with Gasteiger partial charge in [-0.05, 0) is 37.1 Å². The average Bonchev–Trinajstić information content (AvgIpc) is 2.99. The van der Waals surface area contributed by atoms with Crippen molar-refractivity contribution in [2.75, 3.05) is 13.1 Å². The van der Waals surface area contributed by atoms with E-state index in [4.69, 9.17) is 0 Å². The quantitative estimate of drug-likeness (QED) is 0.683. The predicted octanol–water partition coefficient (Wildman–Crippen LogP) is 4.42. The van der Waals surface area contributed by atoms with Crippen LogP contribution in [0.4, 0.5) is 0 Å². The van der Waals surface area contributed by atoms with Crippen LogP contribution in [0.5, 0.6) is 0 Å². The lowest BCUT2D eigenvalue weighted by atomic mass is 9.98. The second-order valence-corrected chi connectivity index (χ2v) is 6.77. The molecule has 1 aliphatic heterocycles. The number of nitrogens with zero attached hydrogens (tertiary/aromatic N) is 2. The maximum atomic E-state index is 12.7. The van der Waals surface area contributed by atoms with E-state index in [-0.39, 0.29) is 5.91 Å². The van der Waals surface area contributed by atoms with Crippen LogP contribution in [0, 0.1) is 6.92 Å². The monoisotopic (exact) mass is 330 g/mol. The predicted molar refractivity (Wildman–Crippen MR) is 103 cm³/mol. The van der Waals surface area contributed by atoms with E-state index >= 15 is 0 Å². The zero-order valence-electron chi connectivity index (χ0n) is 14.7. The van der Waals surface area contributed by atoms with Crippen LogP contribution < -0.4 is 0 Å². The molecule has 3 aromatic rings. The Labute approximate surface area is 148 Å². The van der Waals surface area contributed by atoms with E-state index in [1.165, 1.54) is 27.6 Å². The third kappa shape index (κ3) is 2.86. The molecule has 0 spiro atoms. The molecule has 25 heavy (non-hydrogen) atoms. The van der Waals surface area contributed by atoms with Gasteiger partial charge in [-0.15, -0.1) is 0 Å². The number of amides is 1. The topological polar surface area (TPSA) is 25.2 Å². The molecule has 0 unspecified atom stereocenters. The summed E-state index contributed by atoms with van der Waals surface area (Å²) in [5, 5.41) is 1.29. The number of benzene rings is 2. The summed E-state index contributed by atoms with van der Waals surface area (Å²) in [4.78, 5) is 14.6. The van der Waals surface area contributed by atoms with Gasteiger partial charge >= 0.3 is 0 Å². The van der Waals surface area contributed by atoms with E-state index in [0.29, 0.717) is 6.54 Å². The largest absolute Gasteiger partial charge is 0.350 e. The number of hydrogen-bond donors (Lipinski definition) is 0. The van der Waals surface area contributed by atoms with Gasteiger partial charge < -0.3 is 9.47 Å². The second-order valence-electron chi connectivity index (χ2n) is 6.77. The molecule has 0 N–H and O–H groups in total. The van der Waals surface area contributed by atoms with Crippen molar-refractivity contribution < 1.29 is 4.79 Å². The molecular formula is C22H22N2O. The molecule has 2 aromatic carbocycles. The summed E-state index contributed by atoms with van der Waals surface area (Å²) in [6.45, 7) is 3.47. The van der Waals surface area contributed by atoms with E-state index < -0.39 is 0 Å². The van der Waals surface area contributed by atoms with Crippen molar-refractivity contribution >= 4 is 22.4 Å². The Hall–Kier alpha value is -2.81. The minimum Gasteiger partial charge on any atom is -0.350 e. The van der Waals surface area contributed by atoms with Crippen molar-refractivity contribution in [3.63, 3.8) is 0 Å². The fourth-order valence-electron chi connectivity index (χ4n) is 3.57. The number of aromatic nitrogens is 1. The number of carbonyl (C=O) groups excluding carboxylic acids is 1. The number of rotatable bonds is 2. The van der Waals surface area contributed by atoms with Crippen LogP contribution in [-0.4, -0.2) is 28.5 Å². The third-order valence-corrected chi connectivity index (χ3v) is 5.04. The number of hydrogen-bond acceptors (Lipinski definition) is 1. The van der Waals surface area contributed by atoms with Crippen LogP contribution >= 0.6 is 0 Å². The van der Waals surface area contributed by atoms with Crippen molar-refractivity contribution in [3.8, 4) is 0 Å². The molecule has 0 atom stereocenters. The molecule has 0 bridgehead atoms. The Balaban J connectivity index is 1.57. The van der Waals surface area contributed by atoms with Gasteiger partial charge in [0.25, 0.3) is 5.91 Å². The fraction of sp³-hybridized carbons (Fsp3) is 0.227. The minimum atomic E-state index is 0.119. The van der Waals surface area contributed by atoms with Crippen molar-refractivity contribution in [1.29, 1.82) is 0 Å². The highest BCUT2D eigenvalue weighted by Gasteiger charge is 2.20. The SMILES string of the molecule is Cc1ccc(C(=O)N2CC=C(c3cn(C)c4ccccc34)CC2)cc1. The highest BCUT2D eigenvalue weighted by Crippen LogP contribution is 2.30. The minimum absolute atomic E-state index is 0.119. The summed E-state index contributed by atoms with van der Waals surface area (Å²) in [7, 11) is 2.09. The molecule has 0 fully saturated rings. The van der Waals surface area contributed by atoms with E-state index in [9.17, 15) is 4.79 Å². The van der Waals surface area contributed by atoms with E-state index in [1.54, 1.807) is 0 Å². The molecule has 3 heteroatoms. The van der Waals surface area contributed by atoms with Crippen molar-refractivity contribution in [3.05, 3.63) is 77.5 Å². The Morgan fingerprint density at radius 1 is 1.04 bits per heavy atom. The van der Waals surface area contributed by atoms with E-state index in [2.05, 4.69) is 48.2 Å². The maximum Gasteiger partial charge on any atom is 0.254 e. The summed E-state index contributed by atoms with van der Waals surface area (Å²) >= 11 is 0. The first-order valence-electron chi connectivity index (χ1n) is 8.73. The van der Waals surface area contributed by atoms with Gasteiger partial charge in [-0.25, -0.2) is 0 Å². The average molecular weight is 330 g/mol. The summed E-state index contributed by atoms with van der Waals surface area (Å²) in [5.41, 5.74) is 5.82. The summed E-state index contributed by atoms with van der Waals surface area (Å²) in [6.07, 6.45) is 5.30. The smallest absolute Gasteiger partial charge is 0.254 e. The van der Waals surface area contributed by atoms with Gasteiger partial charge in [0.15, 0.2) is 0 Å². The number of aryl methyl sites for hydroxylation is 2. The highest BCUT2D eigenvalue weighted by molar-refractivity contribution is 5.96. The summed E-state index contributed by atoms with van der Waals surface area (Å²) < 4.78 is 2.18. The van der Waals surface area contributed by atoms with Gasteiger partial charge in [-0.1, -0.05) is 42.0 Å². The van der Waals surface area contributed by atoms with E-state index in [1.807, 2.05) is 36.1 Å². The van der Waals surface area contributed by atoms with Gasteiger partial charge in [0, 0.05) is 48.4 Å². The molecule has 0 radical (unpaired) electrons. The first-order valence-corrected chi connectivity index (χ1v) is 8.73. The van der Waals surface area contributed by atoms with Gasteiger partial charge in [0.05, 0.1) is 0 Å². The zero-order valence-corrected chi connectivity index (χ0v) is 14.7. The molecule has 126 valence electrons. The van der Waals surface area contributed by atoms with Crippen LogP contribution in [0.3, 0.4) is 0 Å². The van der Waals surface area contributed by atoms with Crippen LogP contribution in [0.15, 0.2) is 60.8 Å².